The van der Waals surface area contributed by atoms with Crippen LogP contribution in [0.5, 0.6) is 0 Å². The lowest BCUT2D eigenvalue weighted by molar-refractivity contribution is 0.0934. The van der Waals surface area contributed by atoms with Gasteiger partial charge in [-0.1, -0.05) is 18.2 Å². The average Bonchev–Trinajstić information content (AvgIpc) is 2.91. The molecule has 1 heterocycles. The van der Waals surface area contributed by atoms with Crippen LogP contribution in [0.1, 0.15) is 41.9 Å². The Kier molecular flexibility index (Phi) is 4.17. The topological polar surface area (TPSA) is 59.8 Å². The predicted molar refractivity (Wildman–Crippen MR) is 78.1 cm³/mol. The van der Waals surface area contributed by atoms with E-state index in [0.717, 1.165) is 12.1 Å². The summed E-state index contributed by atoms with van der Waals surface area (Å²) in [6.45, 7) is 8.10. The number of amides is 1. The average molecular weight is 272 g/mol. The first-order valence-corrected chi connectivity index (χ1v) is 6.82. The van der Waals surface area contributed by atoms with Crippen LogP contribution in [0.25, 0.3) is 5.69 Å². The minimum Gasteiger partial charge on any atom is -0.348 e. The molecule has 1 amide bonds. The summed E-state index contributed by atoms with van der Waals surface area (Å²) in [5.41, 5.74) is 3.65. The summed E-state index contributed by atoms with van der Waals surface area (Å²) in [4.78, 5) is 12.0. The van der Waals surface area contributed by atoms with E-state index in [9.17, 15) is 4.79 Å². The Hall–Kier alpha value is -2.17. The highest BCUT2D eigenvalue weighted by Gasteiger charge is 2.13. The van der Waals surface area contributed by atoms with Crippen molar-refractivity contribution < 1.29 is 4.79 Å². The first-order valence-electron chi connectivity index (χ1n) is 6.82. The zero-order chi connectivity index (χ0) is 14.7. The maximum absolute atomic E-state index is 12.0. The van der Waals surface area contributed by atoms with Gasteiger partial charge in [0.1, 0.15) is 0 Å². The van der Waals surface area contributed by atoms with Crippen LogP contribution in [-0.2, 0) is 0 Å². The third-order valence-electron chi connectivity index (χ3n) is 3.47. The van der Waals surface area contributed by atoms with E-state index in [1.54, 1.807) is 10.9 Å². The van der Waals surface area contributed by atoms with Crippen LogP contribution in [0.2, 0.25) is 0 Å². The molecule has 0 fully saturated rings. The number of hydrogen-bond acceptors (Lipinski definition) is 3. The number of aromatic nitrogens is 3. The van der Waals surface area contributed by atoms with E-state index in [-0.39, 0.29) is 11.9 Å². The Morgan fingerprint density at radius 2 is 2.10 bits per heavy atom. The molecule has 1 N–H and O–H groups in total. The second-order valence-electron chi connectivity index (χ2n) is 5.10. The summed E-state index contributed by atoms with van der Waals surface area (Å²) in [6.07, 6.45) is 2.54. The van der Waals surface area contributed by atoms with E-state index in [0.29, 0.717) is 5.69 Å². The summed E-state index contributed by atoms with van der Waals surface area (Å²) in [6, 6.07) is 6.16. The van der Waals surface area contributed by atoms with Crippen LogP contribution in [0.3, 0.4) is 0 Å². The number of carbonyl (C=O) groups is 1. The Morgan fingerprint density at radius 1 is 1.35 bits per heavy atom. The molecule has 5 heteroatoms. The number of nitrogens with zero attached hydrogens (tertiary/aromatic N) is 3. The van der Waals surface area contributed by atoms with Crippen molar-refractivity contribution in [2.45, 2.75) is 40.2 Å². The van der Waals surface area contributed by atoms with Gasteiger partial charge >= 0.3 is 0 Å². The fourth-order valence-corrected chi connectivity index (χ4v) is 1.76. The van der Waals surface area contributed by atoms with Gasteiger partial charge in [0.25, 0.3) is 5.91 Å². The molecule has 20 heavy (non-hydrogen) atoms. The molecular weight excluding hydrogens is 252 g/mol. The summed E-state index contributed by atoms with van der Waals surface area (Å²) >= 11 is 0. The van der Waals surface area contributed by atoms with Crippen molar-refractivity contribution in [2.24, 2.45) is 0 Å². The third kappa shape index (κ3) is 3.04. The SMILES string of the molecule is CC[C@H](C)NC(=O)c1cn(-c2ccc(C)c(C)c2)nn1. The fraction of sp³-hybridized carbons (Fsp3) is 0.400. The third-order valence-corrected chi connectivity index (χ3v) is 3.47. The predicted octanol–water partition coefficient (Wildman–Crippen LogP) is 2.41. The number of nitrogens with one attached hydrogen (secondary N) is 1. The second kappa shape index (κ2) is 5.86. The van der Waals surface area contributed by atoms with Crippen molar-refractivity contribution in [3.8, 4) is 5.69 Å². The van der Waals surface area contributed by atoms with Crippen LogP contribution < -0.4 is 5.32 Å². The molecule has 0 radical (unpaired) electrons. The highest BCUT2D eigenvalue weighted by Crippen LogP contribution is 2.13. The highest BCUT2D eigenvalue weighted by atomic mass is 16.2. The number of rotatable bonds is 4. The molecule has 2 aromatic rings. The standard InChI is InChI=1S/C15H20N4O/c1-5-12(4)16-15(20)14-9-19(18-17-14)13-7-6-10(2)11(3)8-13/h6-9,12H,5H2,1-4H3,(H,16,20)/t12-/m0/s1. The smallest absolute Gasteiger partial charge is 0.273 e. The van der Waals surface area contributed by atoms with Gasteiger partial charge in [-0.25, -0.2) is 4.68 Å². The quantitative estimate of drug-likeness (QED) is 0.929. The Morgan fingerprint density at radius 3 is 2.75 bits per heavy atom. The van der Waals surface area contributed by atoms with Gasteiger partial charge in [-0.3, -0.25) is 4.79 Å². The van der Waals surface area contributed by atoms with E-state index in [1.165, 1.54) is 11.1 Å². The van der Waals surface area contributed by atoms with Gasteiger partial charge < -0.3 is 5.32 Å². The molecule has 1 aromatic heterocycles. The lowest BCUT2D eigenvalue weighted by Crippen LogP contribution is -2.32. The van der Waals surface area contributed by atoms with Gasteiger partial charge in [-0.05, 0) is 50.5 Å². The van der Waals surface area contributed by atoms with Crippen molar-refractivity contribution in [1.82, 2.24) is 20.3 Å². The van der Waals surface area contributed by atoms with Gasteiger partial charge in [-0.15, -0.1) is 5.10 Å². The molecule has 0 saturated carbocycles. The number of hydrogen-bond donors (Lipinski definition) is 1. The van der Waals surface area contributed by atoms with Gasteiger partial charge in [0.05, 0.1) is 11.9 Å². The molecule has 0 aliphatic carbocycles. The van der Waals surface area contributed by atoms with Crippen molar-refractivity contribution >= 4 is 5.91 Å². The molecule has 1 aromatic carbocycles. The zero-order valence-corrected chi connectivity index (χ0v) is 12.3. The Labute approximate surface area is 119 Å². The fourth-order valence-electron chi connectivity index (χ4n) is 1.76. The Bertz CT molecular complexity index is 618. The highest BCUT2D eigenvalue weighted by molar-refractivity contribution is 5.92. The molecule has 106 valence electrons. The molecular formula is C15H20N4O. The van der Waals surface area contributed by atoms with Crippen molar-refractivity contribution in [2.75, 3.05) is 0 Å². The molecule has 0 aliphatic rings. The van der Waals surface area contributed by atoms with E-state index in [4.69, 9.17) is 0 Å². The van der Waals surface area contributed by atoms with Crippen molar-refractivity contribution in [1.29, 1.82) is 0 Å². The summed E-state index contributed by atoms with van der Waals surface area (Å²) in [5.74, 6) is -0.186. The van der Waals surface area contributed by atoms with Gasteiger partial charge in [0.15, 0.2) is 5.69 Å². The van der Waals surface area contributed by atoms with Crippen molar-refractivity contribution in [3.63, 3.8) is 0 Å². The molecule has 0 aliphatic heterocycles. The van der Waals surface area contributed by atoms with E-state index >= 15 is 0 Å². The van der Waals surface area contributed by atoms with Gasteiger partial charge in [-0.2, -0.15) is 0 Å². The molecule has 0 spiro atoms. The van der Waals surface area contributed by atoms with Crippen LogP contribution >= 0.6 is 0 Å². The number of carbonyl (C=O) groups excluding carboxylic acids is 1. The summed E-state index contributed by atoms with van der Waals surface area (Å²) < 4.78 is 1.62. The largest absolute Gasteiger partial charge is 0.348 e. The molecule has 5 nitrogen and oxygen atoms in total. The lowest BCUT2D eigenvalue weighted by atomic mass is 10.1. The van der Waals surface area contributed by atoms with Gasteiger partial charge in [0.2, 0.25) is 0 Å². The minimum atomic E-state index is -0.186. The van der Waals surface area contributed by atoms with Crippen LogP contribution in [0.4, 0.5) is 0 Å². The van der Waals surface area contributed by atoms with Crippen LogP contribution in [-0.4, -0.2) is 26.9 Å². The number of benzene rings is 1. The molecule has 2 rings (SSSR count). The molecule has 0 bridgehead atoms. The number of aryl methyl sites for hydroxylation is 2. The van der Waals surface area contributed by atoms with Gasteiger partial charge in [0, 0.05) is 6.04 Å². The normalized spacial score (nSPS) is 12.2. The first-order chi connectivity index (χ1) is 9.51. The molecule has 0 unspecified atom stereocenters. The van der Waals surface area contributed by atoms with E-state index < -0.39 is 0 Å². The van der Waals surface area contributed by atoms with Crippen molar-refractivity contribution in [3.05, 3.63) is 41.2 Å². The lowest BCUT2D eigenvalue weighted by Gasteiger charge is -2.08. The maximum atomic E-state index is 12.0. The maximum Gasteiger partial charge on any atom is 0.273 e. The summed E-state index contributed by atoms with van der Waals surface area (Å²) in [7, 11) is 0. The second-order valence-corrected chi connectivity index (χ2v) is 5.10. The van der Waals surface area contributed by atoms with E-state index in [1.807, 2.05) is 39.0 Å². The summed E-state index contributed by atoms with van der Waals surface area (Å²) in [5, 5.41) is 10.8. The minimum absolute atomic E-state index is 0.134. The first kappa shape index (κ1) is 14.2. The molecule has 0 saturated heterocycles. The van der Waals surface area contributed by atoms with E-state index in [2.05, 4.69) is 22.6 Å². The monoisotopic (exact) mass is 272 g/mol. The van der Waals surface area contributed by atoms with Crippen LogP contribution in [0, 0.1) is 13.8 Å². The molecule has 1 atom stereocenters. The zero-order valence-electron chi connectivity index (χ0n) is 12.3. The Balaban J connectivity index is 2.20. The van der Waals surface area contributed by atoms with Crippen LogP contribution in [0.15, 0.2) is 24.4 Å².